The molecule has 1 aromatic carbocycles. The Morgan fingerprint density at radius 3 is 2.58 bits per heavy atom. The van der Waals surface area contributed by atoms with Crippen molar-refractivity contribution in [3.8, 4) is 0 Å². The Bertz CT molecular complexity index is 716. The van der Waals surface area contributed by atoms with E-state index in [1.165, 1.54) is 0 Å². The fraction of sp³-hybridized carbons (Fsp3) is 0.550. The Hall–Kier alpha value is -2.37. The summed E-state index contributed by atoms with van der Waals surface area (Å²) in [6.45, 7) is 6.24. The molecule has 140 valence electrons. The van der Waals surface area contributed by atoms with Gasteiger partial charge in [-0.2, -0.15) is 0 Å². The van der Waals surface area contributed by atoms with Crippen LogP contribution in [-0.4, -0.2) is 46.8 Å². The van der Waals surface area contributed by atoms with Gasteiger partial charge in [-0.15, -0.1) is 0 Å². The van der Waals surface area contributed by atoms with E-state index in [2.05, 4.69) is 12.2 Å². The number of piperidine rings is 1. The maximum atomic E-state index is 13.0. The molecule has 1 aromatic rings. The number of hydrogen-bond donors (Lipinski definition) is 1. The van der Waals surface area contributed by atoms with Crippen LogP contribution in [0.15, 0.2) is 24.3 Å². The Kier molecular flexibility index (Phi) is 5.03. The maximum absolute atomic E-state index is 13.0. The molecule has 2 unspecified atom stereocenters. The van der Waals surface area contributed by atoms with Crippen LogP contribution in [0.25, 0.3) is 0 Å². The van der Waals surface area contributed by atoms with Crippen LogP contribution in [-0.2, 0) is 15.1 Å². The number of carbonyl (C=O) groups excluding carboxylic acids is 3. The average molecular weight is 357 g/mol. The largest absolute Gasteiger partial charge is 0.338 e. The molecule has 6 heteroatoms. The van der Waals surface area contributed by atoms with Gasteiger partial charge in [0.15, 0.2) is 0 Å². The molecular weight excluding hydrogens is 330 g/mol. The number of benzene rings is 1. The molecule has 2 heterocycles. The summed E-state index contributed by atoms with van der Waals surface area (Å²) in [5, 5.41) is 2.77. The highest BCUT2D eigenvalue weighted by Gasteiger charge is 2.49. The molecule has 2 saturated heterocycles. The minimum Gasteiger partial charge on any atom is -0.338 e. The first-order valence-electron chi connectivity index (χ1n) is 9.37. The van der Waals surface area contributed by atoms with Crippen molar-refractivity contribution >= 4 is 17.8 Å². The first-order chi connectivity index (χ1) is 12.4. The summed E-state index contributed by atoms with van der Waals surface area (Å²) in [7, 11) is 0. The van der Waals surface area contributed by atoms with Gasteiger partial charge < -0.3 is 10.2 Å². The van der Waals surface area contributed by atoms with E-state index < -0.39 is 11.6 Å². The lowest BCUT2D eigenvalue weighted by Crippen LogP contribution is -2.49. The monoisotopic (exact) mass is 357 g/mol. The second-order valence-electron chi connectivity index (χ2n) is 7.46. The zero-order valence-corrected chi connectivity index (χ0v) is 15.7. The zero-order valence-electron chi connectivity index (χ0n) is 15.7. The molecular formula is C20H27N3O3. The van der Waals surface area contributed by atoms with Crippen LogP contribution in [0.5, 0.6) is 0 Å². The van der Waals surface area contributed by atoms with E-state index in [1.54, 1.807) is 6.92 Å². The van der Waals surface area contributed by atoms with Crippen LogP contribution in [0.4, 0.5) is 4.79 Å². The minimum absolute atomic E-state index is 0.145. The van der Waals surface area contributed by atoms with E-state index in [4.69, 9.17) is 0 Å². The minimum atomic E-state index is -1.13. The molecule has 2 fully saturated rings. The summed E-state index contributed by atoms with van der Waals surface area (Å²) in [4.78, 5) is 41.1. The van der Waals surface area contributed by atoms with Crippen molar-refractivity contribution in [3.63, 3.8) is 0 Å². The van der Waals surface area contributed by atoms with Crippen LogP contribution >= 0.6 is 0 Å². The second kappa shape index (κ2) is 7.09. The molecule has 2 atom stereocenters. The van der Waals surface area contributed by atoms with Crippen LogP contribution in [0.1, 0.15) is 50.7 Å². The number of aryl methyl sites for hydroxylation is 1. The zero-order chi connectivity index (χ0) is 18.9. The molecule has 3 rings (SSSR count). The molecule has 2 aliphatic heterocycles. The number of nitrogens with one attached hydrogen (secondary N) is 1. The predicted octanol–water partition coefficient (Wildman–Crippen LogP) is 2.55. The van der Waals surface area contributed by atoms with Gasteiger partial charge >= 0.3 is 6.03 Å². The molecule has 4 amide bonds. The van der Waals surface area contributed by atoms with Gasteiger partial charge in [0, 0.05) is 12.6 Å². The van der Waals surface area contributed by atoms with E-state index >= 15 is 0 Å². The highest BCUT2D eigenvalue weighted by Crippen LogP contribution is 2.29. The standard InChI is InChI=1S/C20H27N3O3/c1-4-16-7-5-6-12-22(16)17(24)13-23-18(25)20(3,21-19(23)26)15-10-8-14(2)9-11-15/h8-11,16H,4-7,12-13H2,1-3H3,(H,21,26). The van der Waals surface area contributed by atoms with Crippen molar-refractivity contribution < 1.29 is 14.4 Å². The number of carbonyl (C=O) groups is 3. The molecule has 0 spiro atoms. The van der Waals surface area contributed by atoms with Crippen LogP contribution in [0, 0.1) is 6.92 Å². The topological polar surface area (TPSA) is 69.7 Å². The van der Waals surface area contributed by atoms with Gasteiger partial charge in [-0.05, 0) is 45.1 Å². The van der Waals surface area contributed by atoms with E-state index in [9.17, 15) is 14.4 Å². The Morgan fingerprint density at radius 2 is 1.92 bits per heavy atom. The predicted molar refractivity (Wildman–Crippen MR) is 98.4 cm³/mol. The molecule has 0 radical (unpaired) electrons. The highest BCUT2D eigenvalue weighted by atomic mass is 16.2. The van der Waals surface area contributed by atoms with Crippen molar-refractivity contribution in [2.24, 2.45) is 0 Å². The second-order valence-corrected chi connectivity index (χ2v) is 7.46. The summed E-state index contributed by atoms with van der Waals surface area (Å²) < 4.78 is 0. The smallest absolute Gasteiger partial charge is 0.325 e. The first kappa shape index (κ1) is 18.4. The van der Waals surface area contributed by atoms with E-state index in [-0.39, 0.29) is 24.4 Å². The average Bonchev–Trinajstić information content (AvgIpc) is 2.86. The van der Waals surface area contributed by atoms with Gasteiger partial charge in [-0.1, -0.05) is 36.8 Å². The molecule has 6 nitrogen and oxygen atoms in total. The first-order valence-corrected chi connectivity index (χ1v) is 9.37. The number of likely N-dealkylation sites (tertiary alicyclic amines) is 1. The lowest BCUT2D eigenvalue weighted by Gasteiger charge is -2.36. The lowest BCUT2D eigenvalue weighted by molar-refractivity contribution is -0.141. The molecule has 0 aliphatic carbocycles. The molecule has 1 N–H and O–H groups in total. The maximum Gasteiger partial charge on any atom is 0.325 e. The van der Waals surface area contributed by atoms with Gasteiger partial charge in [-0.25, -0.2) is 4.79 Å². The number of amides is 4. The van der Waals surface area contributed by atoms with Crippen LogP contribution in [0.3, 0.4) is 0 Å². The van der Waals surface area contributed by atoms with Gasteiger partial charge in [0.2, 0.25) is 5.91 Å². The fourth-order valence-corrected chi connectivity index (χ4v) is 3.90. The number of imide groups is 1. The third kappa shape index (κ3) is 3.20. The quantitative estimate of drug-likeness (QED) is 0.842. The normalized spacial score (nSPS) is 26.2. The van der Waals surface area contributed by atoms with Crippen molar-refractivity contribution in [2.45, 2.75) is 58.0 Å². The van der Waals surface area contributed by atoms with E-state index in [0.29, 0.717) is 6.54 Å². The van der Waals surface area contributed by atoms with Gasteiger partial charge in [0.05, 0.1) is 0 Å². The Balaban J connectivity index is 1.76. The van der Waals surface area contributed by atoms with Crippen molar-refractivity contribution in [3.05, 3.63) is 35.4 Å². The SMILES string of the molecule is CCC1CCCCN1C(=O)CN1C(=O)NC(C)(c2ccc(C)cc2)C1=O. The summed E-state index contributed by atoms with van der Waals surface area (Å²) in [5.74, 6) is -0.516. The van der Waals surface area contributed by atoms with Gasteiger partial charge in [-0.3, -0.25) is 14.5 Å². The van der Waals surface area contributed by atoms with Crippen molar-refractivity contribution in [2.75, 3.05) is 13.1 Å². The van der Waals surface area contributed by atoms with Crippen molar-refractivity contribution in [1.29, 1.82) is 0 Å². The molecule has 0 bridgehead atoms. The third-order valence-electron chi connectivity index (χ3n) is 5.62. The number of rotatable bonds is 4. The molecule has 2 aliphatic rings. The molecule has 0 saturated carbocycles. The van der Waals surface area contributed by atoms with Gasteiger partial charge in [0.25, 0.3) is 5.91 Å². The summed E-state index contributed by atoms with van der Waals surface area (Å²) in [5.41, 5.74) is 0.676. The summed E-state index contributed by atoms with van der Waals surface area (Å²) in [6, 6.07) is 7.21. The van der Waals surface area contributed by atoms with Gasteiger partial charge in [0.1, 0.15) is 12.1 Å². The van der Waals surface area contributed by atoms with E-state index in [0.717, 1.165) is 41.7 Å². The Labute approximate surface area is 154 Å². The Morgan fingerprint density at radius 1 is 1.23 bits per heavy atom. The highest BCUT2D eigenvalue weighted by molar-refractivity contribution is 6.09. The van der Waals surface area contributed by atoms with Crippen LogP contribution < -0.4 is 5.32 Å². The molecule has 26 heavy (non-hydrogen) atoms. The third-order valence-corrected chi connectivity index (χ3v) is 5.62. The summed E-state index contributed by atoms with van der Waals surface area (Å²) in [6.07, 6.45) is 3.98. The lowest BCUT2D eigenvalue weighted by atomic mass is 9.91. The van der Waals surface area contributed by atoms with E-state index in [1.807, 2.05) is 36.1 Å². The number of urea groups is 1. The fourth-order valence-electron chi connectivity index (χ4n) is 3.90. The number of nitrogens with zero attached hydrogens (tertiary/aromatic N) is 2. The molecule has 0 aromatic heterocycles. The summed E-state index contributed by atoms with van der Waals surface area (Å²) >= 11 is 0. The number of hydrogen-bond acceptors (Lipinski definition) is 3. The van der Waals surface area contributed by atoms with Crippen LogP contribution in [0.2, 0.25) is 0 Å². The van der Waals surface area contributed by atoms with Crippen molar-refractivity contribution in [1.82, 2.24) is 15.1 Å².